The molecule has 1 fully saturated rings. The van der Waals surface area contributed by atoms with Crippen molar-refractivity contribution in [2.45, 2.75) is 18.9 Å². The molecular formula is C10H12N4O. The van der Waals surface area contributed by atoms with Crippen LogP contribution in [-0.4, -0.2) is 21.6 Å². The third-order valence-corrected chi connectivity index (χ3v) is 2.62. The Kier molecular flexibility index (Phi) is 1.85. The highest BCUT2D eigenvalue weighted by molar-refractivity contribution is 5.72. The minimum atomic E-state index is 0.0976. The average Bonchev–Trinajstić information content (AvgIpc) is 2.84. The normalized spacial score (nSPS) is 21.2. The minimum absolute atomic E-state index is 0.0976. The van der Waals surface area contributed by atoms with Crippen molar-refractivity contribution in [2.75, 3.05) is 12.3 Å². The maximum atomic E-state index is 5.59. The van der Waals surface area contributed by atoms with Crippen LogP contribution in [0.3, 0.4) is 0 Å². The smallest absolute Gasteiger partial charge is 0.179 e. The number of anilines is 1. The van der Waals surface area contributed by atoms with Gasteiger partial charge in [0.2, 0.25) is 0 Å². The lowest BCUT2D eigenvalue weighted by atomic mass is 10.2. The van der Waals surface area contributed by atoms with Crippen LogP contribution < -0.4 is 5.73 Å². The molecule has 3 N–H and O–H groups in total. The second-order valence-corrected chi connectivity index (χ2v) is 3.73. The second kappa shape index (κ2) is 3.20. The van der Waals surface area contributed by atoms with E-state index in [1.807, 2.05) is 6.07 Å². The number of rotatable bonds is 1. The molecule has 15 heavy (non-hydrogen) atoms. The molecule has 1 aliphatic rings. The van der Waals surface area contributed by atoms with Gasteiger partial charge in [-0.2, -0.15) is 0 Å². The second-order valence-electron chi connectivity index (χ2n) is 3.73. The lowest BCUT2D eigenvalue weighted by Crippen LogP contribution is -1.97. The van der Waals surface area contributed by atoms with Crippen molar-refractivity contribution in [1.29, 1.82) is 0 Å². The molecule has 3 heterocycles. The van der Waals surface area contributed by atoms with E-state index in [-0.39, 0.29) is 6.10 Å². The molecule has 1 atom stereocenters. The van der Waals surface area contributed by atoms with Crippen LogP contribution in [0, 0.1) is 0 Å². The summed E-state index contributed by atoms with van der Waals surface area (Å²) >= 11 is 0. The standard InChI is InChI=1S/C10H12N4O/c11-8-4-3-6-9(13-8)14-10(12-6)7-2-1-5-15-7/h3-4,7H,1-2,5H2,(H3,11,12,13,14). The summed E-state index contributed by atoms with van der Waals surface area (Å²) in [6, 6.07) is 3.66. The molecule has 0 radical (unpaired) electrons. The number of pyridine rings is 1. The van der Waals surface area contributed by atoms with Crippen molar-refractivity contribution < 1.29 is 4.74 Å². The van der Waals surface area contributed by atoms with Crippen LogP contribution in [0.1, 0.15) is 24.8 Å². The molecule has 2 aromatic heterocycles. The first-order valence-corrected chi connectivity index (χ1v) is 5.07. The van der Waals surface area contributed by atoms with Gasteiger partial charge in [-0.25, -0.2) is 9.97 Å². The van der Waals surface area contributed by atoms with Crippen LogP contribution in [-0.2, 0) is 4.74 Å². The summed E-state index contributed by atoms with van der Waals surface area (Å²) in [6.45, 7) is 0.817. The van der Waals surface area contributed by atoms with Gasteiger partial charge in [0.1, 0.15) is 17.7 Å². The van der Waals surface area contributed by atoms with E-state index in [4.69, 9.17) is 10.5 Å². The zero-order valence-corrected chi connectivity index (χ0v) is 8.23. The van der Waals surface area contributed by atoms with E-state index in [0.29, 0.717) is 11.5 Å². The predicted molar refractivity (Wildman–Crippen MR) is 56.2 cm³/mol. The topological polar surface area (TPSA) is 76.8 Å². The first-order valence-electron chi connectivity index (χ1n) is 5.07. The molecule has 2 aromatic rings. The lowest BCUT2D eigenvalue weighted by Gasteiger charge is -2.03. The van der Waals surface area contributed by atoms with Gasteiger partial charge in [0.05, 0.1) is 5.52 Å². The predicted octanol–water partition coefficient (Wildman–Crippen LogP) is 1.39. The van der Waals surface area contributed by atoms with Crippen molar-refractivity contribution in [1.82, 2.24) is 15.0 Å². The van der Waals surface area contributed by atoms with E-state index in [1.54, 1.807) is 6.07 Å². The van der Waals surface area contributed by atoms with Crippen molar-refractivity contribution in [2.24, 2.45) is 0 Å². The van der Waals surface area contributed by atoms with Gasteiger partial charge in [0.15, 0.2) is 5.65 Å². The number of nitrogens with one attached hydrogen (secondary N) is 1. The van der Waals surface area contributed by atoms with E-state index >= 15 is 0 Å². The molecule has 0 amide bonds. The Morgan fingerprint density at radius 1 is 1.40 bits per heavy atom. The highest BCUT2D eigenvalue weighted by atomic mass is 16.5. The quantitative estimate of drug-likeness (QED) is 0.735. The van der Waals surface area contributed by atoms with Gasteiger partial charge in [-0.05, 0) is 25.0 Å². The number of nitrogens with two attached hydrogens (primary N) is 1. The van der Waals surface area contributed by atoms with E-state index in [0.717, 1.165) is 30.8 Å². The lowest BCUT2D eigenvalue weighted by molar-refractivity contribution is 0.106. The Bertz CT molecular complexity index is 487. The molecule has 3 rings (SSSR count). The van der Waals surface area contributed by atoms with Crippen molar-refractivity contribution in [3.63, 3.8) is 0 Å². The molecule has 0 aromatic carbocycles. The van der Waals surface area contributed by atoms with Crippen LogP contribution >= 0.6 is 0 Å². The number of ether oxygens (including phenoxy) is 1. The van der Waals surface area contributed by atoms with Gasteiger partial charge in [-0.3, -0.25) is 0 Å². The van der Waals surface area contributed by atoms with Crippen LogP contribution in [0.4, 0.5) is 5.82 Å². The van der Waals surface area contributed by atoms with Crippen molar-refractivity contribution in [3.8, 4) is 0 Å². The van der Waals surface area contributed by atoms with Gasteiger partial charge < -0.3 is 15.5 Å². The van der Waals surface area contributed by atoms with Crippen LogP contribution in [0.2, 0.25) is 0 Å². The van der Waals surface area contributed by atoms with Crippen molar-refractivity contribution in [3.05, 3.63) is 18.0 Å². The first-order chi connectivity index (χ1) is 7.33. The Morgan fingerprint density at radius 3 is 3.13 bits per heavy atom. The SMILES string of the molecule is Nc1ccc2[nH]c(C3CCCO3)nc2n1. The average molecular weight is 204 g/mol. The summed E-state index contributed by atoms with van der Waals surface area (Å²) in [7, 11) is 0. The number of fused-ring (bicyclic) bond motifs is 1. The highest BCUT2D eigenvalue weighted by Crippen LogP contribution is 2.27. The van der Waals surface area contributed by atoms with Crippen LogP contribution in [0.15, 0.2) is 12.1 Å². The molecule has 5 heteroatoms. The summed E-state index contributed by atoms with van der Waals surface area (Å²) in [5.74, 6) is 1.36. The molecule has 1 aliphatic heterocycles. The number of hydrogen-bond donors (Lipinski definition) is 2. The molecule has 0 spiro atoms. The van der Waals surface area contributed by atoms with E-state index in [1.165, 1.54) is 0 Å². The fourth-order valence-corrected chi connectivity index (χ4v) is 1.87. The van der Waals surface area contributed by atoms with Gasteiger partial charge in [0.25, 0.3) is 0 Å². The summed E-state index contributed by atoms with van der Waals surface area (Å²) < 4.78 is 5.55. The third kappa shape index (κ3) is 1.45. The maximum absolute atomic E-state index is 5.59. The molecular weight excluding hydrogens is 192 g/mol. The fraction of sp³-hybridized carbons (Fsp3) is 0.400. The summed E-state index contributed by atoms with van der Waals surface area (Å²) in [5.41, 5.74) is 7.17. The van der Waals surface area contributed by atoms with Gasteiger partial charge in [-0.1, -0.05) is 0 Å². The monoisotopic (exact) mass is 204 g/mol. The highest BCUT2D eigenvalue weighted by Gasteiger charge is 2.21. The van der Waals surface area contributed by atoms with Gasteiger partial charge >= 0.3 is 0 Å². The third-order valence-electron chi connectivity index (χ3n) is 2.62. The molecule has 1 unspecified atom stereocenters. The molecule has 0 bridgehead atoms. The summed E-state index contributed by atoms with van der Waals surface area (Å²) in [6.07, 6.45) is 2.22. The van der Waals surface area contributed by atoms with Gasteiger partial charge in [-0.15, -0.1) is 0 Å². The van der Waals surface area contributed by atoms with Crippen molar-refractivity contribution >= 4 is 17.0 Å². The van der Waals surface area contributed by atoms with Crippen LogP contribution in [0.25, 0.3) is 11.2 Å². The first kappa shape index (κ1) is 8.67. The number of hydrogen-bond acceptors (Lipinski definition) is 4. The number of nitrogen functional groups attached to an aromatic ring is 1. The zero-order chi connectivity index (χ0) is 10.3. The summed E-state index contributed by atoms with van der Waals surface area (Å²) in [5, 5.41) is 0. The molecule has 0 saturated carbocycles. The molecule has 0 aliphatic carbocycles. The largest absolute Gasteiger partial charge is 0.384 e. The Balaban J connectivity index is 2.05. The Morgan fingerprint density at radius 2 is 2.33 bits per heavy atom. The molecule has 78 valence electrons. The number of aromatic nitrogens is 3. The fourth-order valence-electron chi connectivity index (χ4n) is 1.87. The molecule has 1 saturated heterocycles. The number of imidazole rings is 1. The van der Waals surface area contributed by atoms with E-state index < -0.39 is 0 Å². The summed E-state index contributed by atoms with van der Waals surface area (Å²) in [4.78, 5) is 11.7. The number of nitrogens with zero attached hydrogens (tertiary/aromatic N) is 2. The van der Waals surface area contributed by atoms with E-state index in [2.05, 4.69) is 15.0 Å². The minimum Gasteiger partial charge on any atom is -0.384 e. The van der Waals surface area contributed by atoms with Crippen LogP contribution in [0.5, 0.6) is 0 Å². The Hall–Kier alpha value is -1.62. The van der Waals surface area contributed by atoms with E-state index in [9.17, 15) is 0 Å². The molecule has 5 nitrogen and oxygen atoms in total. The maximum Gasteiger partial charge on any atom is 0.179 e. The number of H-pyrrole nitrogens is 1. The zero-order valence-electron chi connectivity index (χ0n) is 8.23. The Labute approximate surface area is 86.7 Å². The number of aromatic amines is 1. The van der Waals surface area contributed by atoms with Gasteiger partial charge in [0, 0.05) is 6.61 Å².